The number of rotatable bonds is 5. The normalized spacial score (nSPS) is 15.0. The fourth-order valence-electron chi connectivity index (χ4n) is 3.10. The molecule has 1 saturated heterocycles. The number of ether oxygens (including phenoxy) is 1. The Morgan fingerprint density at radius 3 is 2.25 bits per heavy atom. The second kappa shape index (κ2) is 9.53. The zero-order chi connectivity index (χ0) is 19.9. The van der Waals surface area contributed by atoms with Crippen LogP contribution in [0.25, 0.3) is 6.08 Å². The largest absolute Gasteiger partial charge is 0.465 e. The van der Waals surface area contributed by atoms with Gasteiger partial charge in [-0.3, -0.25) is 9.69 Å². The zero-order valence-electron chi connectivity index (χ0n) is 15.8. The molecular weight excluding hydrogens is 376 g/mol. The quantitative estimate of drug-likeness (QED) is 0.571. The van der Waals surface area contributed by atoms with Crippen molar-refractivity contribution in [2.45, 2.75) is 6.54 Å². The summed E-state index contributed by atoms with van der Waals surface area (Å²) in [5.41, 5.74) is 2.57. The van der Waals surface area contributed by atoms with Gasteiger partial charge in [0.05, 0.1) is 12.7 Å². The van der Waals surface area contributed by atoms with Crippen LogP contribution in [0.5, 0.6) is 0 Å². The van der Waals surface area contributed by atoms with Crippen LogP contribution >= 0.6 is 11.6 Å². The fourth-order valence-corrected chi connectivity index (χ4v) is 3.22. The average molecular weight is 399 g/mol. The molecule has 1 heterocycles. The van der Waals surface area contributed by atoms with Crippen LogP contribution in [0.2, 0.25) is 5.02 Å². The smallest absolute Gasteiger partial charge is 0.337 e. The van der Waals surface area contributed by atoms with Gasteiger partial charge in [0.2, 0.25) is 5.91 Å². The molecule has 0 aromatic heterocycles. The van der Waals surface area contributed by atoms with E-state index in [9.17, 15) is 9.59 Å². The molecule has 1 aliphatic rings. The van der Waals surface area contributed by atoms with Crippen molar-refractivity contribution < 1.29 is 14.3 Å². The van der Waals surface area contributed by atoms with Crippen LogP contribution in [0, 0.1) is 0 Å². The fraction of sp³-hybridized carbons (Fsp3) is 0.273. The number of halogens is 1. The molecule has 6 heteroatoms. The highest BCUT2D eigenvalue weighted by Gasteiger charge is 2.19. The van der Waals surface area contributed by atoms with Gasteiger partial charge in [0.1, 0.15) is 0 Å². The van der Waals surface area contributed by atoms with Crippen molar-refractivity contribution in [3.63, 3.8) is 0 Å². The summed E-state index contributed by atoms with van der Waals surface area (Å²) in [4.78, 5) is 28.1. The van der Waals surface area contributed by atoms with Gasteiger partial charge in [0.25, 0.3) is 0 Å². The summed E-state index contributed by atoms with van der Waals surface area (Å²) in [6, 6.07) is 14.8. The van der Waals surface area contributed by atoms with E-state index in [1.807, 2.05) is 29.2 Å². The summed E-state index contributed by atoms with van der Waals surface area (Å²) >= 11 is 5.93. The lowest BCUT2D eigenvalue weighted by molar-refractivity contribution is -0.127. The van der Waals surface area contributed by atoms with E-state index in [1.165, 1.54) is 12.7 Å². The second-order valence-corrected chi connectivity index (χ2v) is 7.11. The molecule has 0 saturated carbocycles. The van der Waals surface area contributed by atoms with Crippen LogP contribution in [-0.2, 0) is 16.1 Å². The van der Waals surface area contributed by atoms with Crippen molar-refractivity contribution in [3.05, 3.63) is 76.3 Å². The summed E-state index contributed by atoms with van der Waals surface area (Å²) in [7, 11) is 1.35. The van der Waals surface area contributed by atoms with Gasteiger partial charge >= 0.3 is 5.97 Å². The molecule has 5 nitrogen and oxygen atoms in total. The lowest BCUT2D eigenvalue weighted by Crippen LogP contribution is -2.47. The molecule has 2 aromatic carbocycles. The first kappa shape index (κ1) is 20.1. The Hall–Kier alpha value is -2.63. The first-order valence-electron chi connectivity index (χ1n) is 9.17. The van der Waals surface area contributed by atoms with Gasteiger partial charge < -0.3 is 9.64 Å². The third-order valence-corrected chi connectivity index (χ3v) is 5.01. The zero-order valence-corrected chi connectivity index (χ0v) is 16.6. The van der Waals surface area contributed by atoms with Crippen LogP contribution in [0.3, 0.4) is 0 Å². The van der Waals surface area contributed by atoms with Gasteiger partial charge in [-0.2, -0.15) is 0 Å². The van der Waals surface area contributed by atoms with Crippen molar-refractivity contribution >= 4 is 29.6 Å². The molecule has 0 radical (unpaired) electrons. The van der Waals surface area contributed by atoms with Crippen molar-refractivity contribution in [1.29, 1.82) is 0 Å². The predicted molar refractivity (Wildman–Crippen MR) is 110 cm³/mol. The minimum absolute atomic E-state index is 0.00295. The Morgan fingerprint density at radius 2 is 1.64 bits per heavy atom. The van der Waals surface area contributed by atoms with Crippen molar-refractivity contribution in [2.24, 2.45) is 0 Å². The minimum atomic E-state index is -0.372. The molecule has 1 aliphatic heterocycles. The van der Waals surface area contributed by atoms with Crippen LogP contribution in [0.1, 0.15) is 21.5 Å². The van der Waals surface area contributed by atoms with Gasteiger partial charge in [0, 0.05) is 43.8 Å². The number of nitrogens with zero attached hydrogens (tertiary/aromatic N) is 2. The van der Waals surface area contributed by atoms with Gasteiger partial charge in [-0.05, 0) is 41.5 Å². The summed E-state index contributed by atoms with van der Waals surface area (Å²) in [6.07, 6.45) is 3.35. The number of esters is 1. The van der Waals surface area contributed by atoms with E-state index >= 15 is 0 Å². The second-order valence-electron chi connectivity index (χ2n) is 6.67. The highest BCUT2D eigenvalue weighted by molar-refractivity contribution is 6.30. The summed E-state index contributed by atoms with van der Waals surface area (Å²) in [6.45, 7) is 3.96. The van der Waals surface area contributed by atoms with Gasteiger partial charge in [-0.25, -0.2) is 4.79 Å². The Bertz CT molecular complexity index is 839. The molecule has 1 fully saturated rings. The molecular formula is C22H23ClN2O3. The lowest BCUT2D eigenvalue weighted by Gasteiger charge is -2.34. The number of carbonyl (C=O) groups excluding carboxylic acids is 2. The Labute approximate surface area is 170 Å². The van der Waals surface area contributed by atoms with Gasteiger partial charge in [0.15, 0.2) is 0 Å². The maximum absolute atomic E-state index is 12.4. The highest BCUT2D eigenvalue weighted by atomic mass is 35.5. The predicted octanol–water partition coefficient (Wildman–Crippen LogP) is 3.48. The SMILES string of the molecule is COC(=O)c1ccc(/C=C/C(=O)N2CCN(Cc3ccc(Cl)cc3)CC2)cc1. The number of piperazine rings is 1. The summed E-state index contributed by atoms with van der Waals surface area (Å²) in [5.74, 6) is -0.369. The third kappa shape index (κ3) is 5.44. The van der Waals surface area contributed by atoms with Crippen LogP contribution in [0.15, 0.2) is 54.6 Å². The maximum Gasteiger partial charge on any atom is 0.337 e. The van der Waals surface area contributed by atoms with E-state index in [-0.39, 0.29) is 11.9 Å². The number of hydrogen-bond donors (Lipinski definition) is 0. The van der Waals surface area contributed by atoms with Crippen molar-refractivity contribution in [3.8, 4) is 0 Å². The maximum atomic E-state index is 12.4. The molecule has 146 valence electrons. The summed E-state index contributed by atoms with van der Waals surface area (Å²) in [5, 5.41) is 0.742. The molecule has 1 amide bonds. The Kier molecular flexibility index (Phi) is 6.85. The molecule has 0 bridgehead atoms. The number of carbonyl (C=O) groups is 2. The summed E-state index contributed by atoms with van der Waals surface area (Å²) < 4.78 is 4.68. The number of benzene rings is 2. The minimum Gasteiger partial charge on any atom is -0.465 e. The van der Waals surface area contributed by atoms with Crippen LogP contribution < -0.4 is 0 Å². The van der Waals surface area contributed by atoms with E-state index < -0.39 is 0 Å². The van der Waals surface area contributed by atoms with Crippen molar-refractivity contribution in [1.82, 2.24) is 9.80 Å². The third-order valence-electron chi connectivity index (χ3n) is 4.75. The molecule has 28 heavy (non-hydrogen) atoms. The Balaban J connectivity index is 1.48. The first-order chi connectivity index (χ1) is 13.5. The van der Waals surface area contributed by atoms with Crippen molar-refractivity contribution in [2.75, 3.05) is 33.3 Å². The monoisotopic (exact) mass is 398 g/mol. The molecule has 3 rings (SSSR count). The molecule has 0 unspecified atom stereocenters. The Morgan fingerprint density at radius 1 is 1.00 bits per heavy atom. The number of hydrogen-bond acceptors (Lipinski definition) is 4. The lowest BCUT2D eigenvalue weighted by atomic mass is 10.1. The van der Waals surface area contributed by atoms with E-state index in [0.717, 1.165) is 30.2 Å². The average Bonchev–Trinajstić information content (AvgIpc) is 2.74. The van der Waals surface area contributed by atoms with E-state index in [0.29, 0.717) is 18.7 Å². The van der Waals surface area contributed by atoms with Gasteiger partial charge in [-0.15, -0.1) is 0 Å². The van der Waals surface area contributed by atoms with E-state index in [2.05, 4.69) is 9.64 Å². The molecule has 0 atom stereocenters. The molecule has 0 aliphatic carbocycles. The number of amides is 1. The van der Waals surface area contributed by atoms with Crippen LogP contribution in [0.4, 0.5) is 0 Å². The van der Waals surface area contributed by atoms with E-state index in [4.69, 9.17) is 11.6 Å². The van der Waals surface area contributed by atoms with E-state index in [1.54, 1.807) is 36.4 Å². The van der Waals surface area contributed by atoms with Gasteiger partial charge in [-0.1, -0.05) is 35.9 Å². The molecule has 2 aromatic rings. The highest BCUT2D eigenvalue weighted by Crippen LogP contribution is 2.13. The topological polar surface area (TPSA) is 49.9 Å². The van der Waals surface area contributed by atoms with Crippen LogP contribution in [-0.4, -0.2) is 55.0 Å². The molecule has 0 spiro atoms. The number of methoxy groups -OCH3 is 1. The first-order valence-corrected chi connectivity index (χ1v) is 9.55. The standard InChI is InChI=1S/C22H23ClN2O3/c1-28-22(27)19-7-2-17(3-8-19)6-11-21(26)25-14-12-24(13-15-25)16-18-4-9-20(23)10-5-18/h2-11H,12-16H2,1H3/b11-6+. The molecule has 0 N–H and O–H groups in total.